The lowest BCUT2D eigenvalue weighted by Crippen LogP contribution is -2.46. The number of sulfone groups is 1. The molecular weight excluding hydrogens is 228 g/mol. The molecule has 0 aromatic heterocycles. The first-order chi connectivity index (χ1) is 7.35. The monoisotopic (exact) mass is 246 g/mol. The van der Waals surface area contributed by atoms with Crippen LogP contribution in [-0.2, 0) is 9.84 Å². The molecule has 0 aromatic carbocycles. The molecule has 1 aliphatic heterocycles. The SMILES string of the molecule is C=C(C)NC(=O)N(CC)C1CCS(=O)(=O)C1. The Kier molecular flexibility index (Phi) is 3.96. The molecule has 1 fully saturated rings. The number of hydrogen-bond acceptors (Lipinski definition) is 3. The van der Waals surface area contributed by atoms with Gasteiger partial charge in [-0.05, 0) is 20.3 Å². The number of urea groups is 1. The van der Waals surface area contributed by atoms with Gasteiger partial charge in [0.2, 0.25) is 0 Å². The van der Waals surface area contributed by atoms with E-state index in [1.807, 2.05) is 6.92 Å². The molecule has 1 saturated heterocycles. The van der Waals surface area contributed by atoms with Crippen LogP contribution >= 0.6 is 0 Å². The maximum absolute atomic E-state index is 11.7. The molecule has 0 radical (unpaired) electrons. The molecule has 6 heteroatoms. The maximum Gasteiger partial charge on any atom is 0.321 e. The van der Waals surface area contributed by atoms with Gasteiger partial charge in [0.1, 0.15) is 0 Å². The molecule has 1 rings (SSSR count). The Morgan fingerprint density at radius 3 is 2.56 bits per heavy atom. The number of nitrogens with one attached hydrogen (secondary N) is 1. The quantitative estimate of drug-likeness (QED) is 0.798. The van der Waals surface area contributed by atoms with Crippen molar-refractivity contribution in [3.05, 3.63) is 12.3 Å². The Hall–Kier alpha value is -1.04. The van der Waals surface area contributed by atoms with Crippen LogP contribution in [0.15, 0.2) is 12.3 Å². The number of rotatable bonds is 3. The molecule has 2 amide bonds. The highest BCUT2D eigenvalue weighted by molar-refractivity contribution is 7.91. The van der Waals surface area contributed by atoms with Crippen molar-refractivity contribution in [3.63, 3.8) is 0 Å². The second-order valence-corrected chi connectivity index (χ2v) is 6.28. The zero-order valence-corrected chi connectivity index (χ0v) is 10.5. The molecule has 0 aromatic rings. The first-order valence-electron chi connectivity index (χ1n) is 5.29. The summed E-state index contributed by atoms with van der Waals surface area (Å²) in [7, 11) is -2.96. The van der Waals surface area contributed by atoms with Crippen LogP contribution < -0.4 is 5.32 Å². The minimum Gasteiger partial charge on any atom is -0.321 e. The molecule has 5 nitrogen and oxygen atoms in total. The maximum atomic E-state index is 11.7. The third-order valence-corrected chi connectivity index (χ3v) is 4.32. The second-order valence-electron chi connectivity index (χ2n) is 4.05. The minimum absolute atomic E-state index is 0.0739. The number of allylic oxidation sites excluding steroid dienone is 1. The number of carbonyl (C=O) groups is 1. The molecule has 0 aliphatic carbocycles. The fourth-order valence-electron chi connectivity index (χ4n) is 1.84. The van der Waals surface area contributed by atoms with Crippen LogP contribution in [0.5, 0.6) is 0 Å². The Balaban J connectivity index is 2.69. The van der Waals surface area contributed by atoms with Gasteiger partial charge in [-0.25, -0.2) is 13.2 Å². The molecule has 0 saturated carbocycles. The lowest BCUT2D eigenvalue weighted by Gasteiger charge is -2.26. The fraction of sp³-hybridized carbons (Fsp3) is 0.700. The van der Waals surface area contributed by atoms with E-state index in [9.17, 15) is 13.2 Å². The highest BCUT2D eigenvalue weighted by atomic mass is 32.2. The lowest BCUT2D eigenvalue weighted by atomic mass is 10.2. The van der Waals surface area contributed by atoms with Crippen molar-refractivity contribution in [1.82, 2.24) is 10.2 Å². The topological polar surface area (TPSA) is 66.5 Å². The Morgan fingerprint density at radius 2 is 2.19 bits per heavy atom. The summed E-state index contributed by atoms with van der Waals surface area (Å²) in [6.07, 6.45) is 0.528. The van der Waals surface area contributed by atoms with E-state index >= 15 is 0 Å². The Morgan fingerprint density at radius 1 is 1.56 bits per heavy atom. The zero-order valence-electron chi connectivity index (χ0n) is 9.69. The summed E-state index contributed by atoms with van der Waals surface area (Å²) in [5, 5.41) is 2.60. The largest absolute Gasteiger partial charge is 0.321 e. The van der Waals surface area contributed by atoms with Crippen molar-refractivity contribution in [2.24, 2.45) is 0 Å². The van der Waals surface area contributed by atoms with Crippen LogP contribution in [0.1, 0.15) is 20.3 Å². The van der Waals surface area contributed by atoms with E-state index in [4.69, 9.17) is 0 Å². The van der Waals surface area contributed by atoms with Crippen LogP contribution in [0.2, 0.25) is 0 Å². The molecule has 16 heavy (non-hydrogen) atoms. The number of nitrogens with zero attached hydrogens (tertiary/aromatic N) is 1. The zero-order chi connectivity index (χ0) is 12.3. The van der Waals surface area contributed by atoms with E-state index in [2.05, 4.69) is 11.9 Å². The third kappa shape index (κ3) is 3.23. The van der Waals surface area contributed by atoms with Gasteiger partial charge in [0.25, 0.3) is 0 Å². The van der Waals surface area contributed by atoms with Crippen molar-refractivity contribution in [2.45, 2.75) is 26.3 Å². The molecule has 1 unspecified atom stereocenters. The molecular formula is C10H18N2O3S. The smallest absolute Gasteiger partial charge is 0.321 e. The molecule has 1 N–H and O–H groups in total. The van der Waals surface area contributed by atoms with Gasteiger partial charge in [0.05, 0.1) is 11.5 Å². The van der Waals surface area contributed by atoms with Crippen LogP contribution in [-0.4, -0.2) is 43.4 Å². The van der Waals surface area contributed by atoms with Crippen LogP contribution in [0, 0.1) is 0 Å². The van der Waals surface area contributed by atoms with Crippen LogP contribution in [0.25, 0.3) is 0 Å². The highest BCUT2D eigenvalue weighted by Gasteiger charge is 2.33. The first kappa shape index (κ1) is 13.0. The number of carbonyl (C=O) groups excluding carboxylic acids is 1. The van der Waals surface area contributed by atoms with Crippen molar-refractivity contribution >= 4 is 15.9 Å². The number of hydrogen-bond donors (Lipinski definition) is 1. The first-order valence-corrected chi connectivity index (χ1v) is 7.11. The van der Waals surface area contributed by atoms with E-state index in [1.165, 1.54) is 0 Å². The van der Waals surface area contributed by atoms with Crippen molar-refractivity contribution in [1.29, 1.82) is 0 Å². The fourth-order valence-corrected chi connectivity index (χ4v) is 3.57. The standard InChI is InChI=1S/C10H18N2O3S/c1-4-12(10(13)11-8(2)3)9-5-6-16(14,15)7-9/h9H,2,4-7H2,1,3H3,(H,11,13). The second kappa shape index (κ2) is 4.86. The van der Waals surface area contributed by atoms with Crippen LogP contribution in [0.3, 0.4) is 0 Å². The summed E-state index contributed by atoms with van der Waals surface area (Å²) in [5.74, 6) is 0.249. The van der Waals surface area contributed by atoms with E-state index < -0.39 is 9.84 Å². The van der Waals surface area contributed by atoms with Crippen LogP contribution in [0.4, 0.5) is 4.79 Å². The molecule has 92 valence electrons. The highest BCUT2D eigenvalue weighted by Crippen LogP contribution is 2.17. The van der Waals surface area contributed by atoms with Crippen molar-refractivity contribution in [3.8, 4) is 0 Å². The molecule has 0 bridgehead atoms. The average Bonchev–Trinajstić information content (AvgIpc) is 2.46. The van der Waals surface area contributed by atoms with Gasteiger partial charge in [-0.2, -0.15) is 0 Å². The van der Waals surface area contributed by atoms with E-state index in [-0.39, 0.29) is 23.6 Å². The number of amides is 2. The predicted molar refractivity (Wildman–Crippen MR) is 62.8 cm³/mol. The summed E-state index contributed by atoms with van der Waals surface area (Å²) in [6.45, 7) is 7.62. The third-order valence-electron chi connectivity index (χ3n) is 2.57. The predicted octanol–water partition coefficient (Wildman–Crippen LogP) is 0.739. The average molecular weight is 246 g/mol. The van der Waals surface area contributed by atoms with Gasteiger partial charge in [-0.15, -0.1) is 0 Å². The van der Waals surface area contributed by atoms with E-state index in [0.717, 1.165) is 0 Å². The normalized spacial score (nSPS) is 22.8. The van der Waals surface area contributed by atoms with E-state index in [0.29, 0.717) is 18.7 Å². The Labute approximate surface area is 96.4 Å². The van der Waals surface area contributed by atoms with Crippen molar-refractivity contribution in [2.75, 3.05) is 18.1 Å². The molecule has 1 atom stereocenters. The van der Waals surface area contributed by atoms with Gasteiger partial charge in [0, 0.05) is 18.3 Å². The molecule has 0 spiro atoms. The summed E-state index contributed by atoms with van der Waals surface area (Å²) in [6, 6.07) is -0.466. The van der Waals surface area contributed by atoms with Gasteiger partial charge in [0.15, 0.2) is 9.84 Å². The Bertz CT molecular complexity index is 389. The van der Waals surface area contributed by atoms with Gasteiger partial charge >= 0.3 is 6.03 Å². The van der Waals surface area contributed by atoms with Crippen molar-refractivity contribution < 1.29 is 13.2 Å². The van der Waals surface area contributed by atoms with Gasteiger partial charge in [-0.1, -0.05) is 6.58 Å². The molecule has 1 aliphatic rings. The summed E-state index contributed by atoms with van der Waals surface area (Å²) in [5.41, 5.74) is 0.560. The summed E-state index contributed by atoms with van der Waals surface area (Å²) >= 11 is 0. The summed E-state index contributed by atoms with van der Waals surface area (Å²) in [4.78, 5) is 13.3. The van der Waals surface area contributed by atoms with E-state index in [1.54, 1.807) is 11.8 Å². The lowest BCUT2D eigenvalue weighted by molar-refractivity contribution is 0.186. The summed E-state index contributed by atoms with van der Waals surface area (Å²) < 4.78 is 22.7. The minimum atomic E-state index is -2.96. The van der Waals surface area contributed by atoms with Gasteiger partial charge in [-0.3, -0.25) is 0 Å². The molecule has 1 heterocycles. The van der Waals surface area contributed by atoms with Gasteiger partial charge < -0.3 is 10.2 Å².